The van der Waals surface area contributed by atoms with E-state index in [0.717, 1.165) is 9.35 Å². The highest BCUT2D eigenvalue weighted by atomic mass is 79.9. The molecule has 0 aliphatic rings. The second-order valence-corrected chi connectivity index (χ2v) is 7.59. The molecule has 0 fully saturated rings. The van der Waals surface area contributed by atoms with E-state index >= 15 is 0 Å². The summed E-state index contributed by atoms with van der Waals surface area (Å²) in [6, 6.07) is 10.4. The predicted octanol–water partition coefficient (Wildman–Crippen LogP) is 3.62. The predicted molar refractivity (Wildman–Crippen MR) is 74.0 cm³/mol. The third-order valence-corrected chi connectivity index (χ3v) is 5.48. The summed E-state index contributed by atoms with van der Waals surface area (Å²) in [5, 5.41) is 0. The van der Waals surface area contributed by atoms with Gasteiger partial charge in [-0.2, -0.15) is 0 Å². The maximum absolute atomic E-state index is 12.0. The van der Waals surface area contributed by atoms with Gasteiger partial charge >= 0.3 is 0 Å². The Morgan fingerprint density at radius 1 is 1.12 bits per heavy atom. The van der Waals surface area contributed by atoms with Crippen LogP contribution in [0.25, 0.3) is 0 Å². The molecule has 0 aliphatic heterocycles. The first-order valence-corrected chi connectivity index (χ1v) is 7.91. The average molecular weight is 332 g/mol. The number of benzene rings is 1. The Kier molecular flexibility index (Phi) is 3.56. The highest BCUT2D eigenvalue weighted by Gasteiger charge is 2.15. The molecule has 1 heterocycles. The molecule has 0 bridgehead atoms. The van der Waals surface area contributed by atoms with Crippen LogP contribution >= 0.6 is 27.3 Å². The molecule has 0 atom stereocenters. The molecular weight excluding hydrogens is 322 g/mol. The van der Waals surface area contributed by atoms with E-state index in [4.69, 9.17) is 0 Å². The Morgan fingerprint density at radius 2 is 1.76 bits per heavy atom. The number of anilines is 1. The van der Waals surface area contributed by atoms with E-state index in [1.807, 2.05) is 6.92 Å². The summed E-state index contributed by atoms with van der Waals surface area (Å²) in [7, 11) is -3.45. The van der Waals surface area contributed by atoms with Gasteiger partial charge in [-0.3, -0.25) is 4.72 Å². The van der Waals surface area contributed by atoms with E-state index in [1.54, 1.807) is 36.4 Å². The van der Waals surface area contributed by atoms with Gasteiger partial charge in [0.15, 0.2) is 0 Å². The van der Waals surface area contributed by atoms with Crippen molar-refractivity contribution in [3.63, 3.8) is 0 Å². The quantitative estimate of drug-likeness (QED) is 0.933. The van der Waals surface area contributed by atoms with Crippen molar-refractivity contribution in [2.45, 2.75) is 11.1 Å². The maximum atomic E-state index is 12.0. The number of halogens is 1. The third-order valence-electron chi connectivity index (χ3n) is 2.08. The van der Waals surface area contributed by atoms with Gasteiger partial charge in [-0.05, 0) is 43.3 Å². The fourth-order valence-electron chi connectivity index (χ4n) is 1.28. The van der Waals surface area contributed by atoms with Crippen molar-refractivity contribution >= 4 is 43.0 Å². The number of aryl methyl sites for hydroxylation is 1. The van der Waals surface area contributed by atoms with Crippen LogP contribution in [0.3, 0.4) is 0 Å². The number of sulfonamides is 1. The lowest BCUT2D eigenvalue weighted by Crippen LogP contribution is -2.11. The Labute approximate surface area is 113 Å². The number of hydrogen-bond acceptors (Lipinski definition) is 3. The molecule has 2 aromatic rings. The van der Waals surface area contributed by atoms with Crippen LogP contribution < -0.4 is 4.72 Å². The molecule has 1 aromatic heterocycles. The molecule has 0 aliphatic carbocycles. The molecule has 3 nitrogen and oxygen atoms in total. The van der Waals surface area contributed by atoms with Crippen molar-refractivity contribution < 1.29 is 8.42 Å². The van der Waals surface area contributed by atoms with Crippen LogP contribution in [0.2, 0.25) is 0 Å². The fourth-order valence-corrected chi connectivity index (χ4v) is 3.89. The SMILES string of the molecule is Cc1ccc(S(=O)(=O)Nc2ccc(Br)cc2)s1. The van der Waals surface area contributed by atoms with Crippen molar-refractivity contribution in [2.75, 3.05) is 4.72 Å². The van der Waals surface area contributed by atoms with E-state index < -0.39 is 10.0 Å². The molecule has 0 amide bonds. The van der Waals surface area contributed by atoms with Crippen molar-refractivity contribution in [3.8, 4) is 0 Å². The van der Waals surface area contributed by atoms with Gasteiger partial charge in [0.25, 0.3) is 10.0 Å². The van der Waals surface area contributed by atoms with Gasteiger partial charge in [-0.1, -0.05) is 15.9 Å². The first-order valence-electron chi connectivity index (χ1n) is 4.82. The van der Waals surface area contributed by atoms with Gasteiger partial charge in [0.1, 0.15) is 4.21 Å². The smallest absolute Gasteiger partial charge is 0.271 e. The van der Waals surface area contributed by atoms with Crippen LogP contribution in [-0.4, -0.2) is 8.42 Å². The summed E-state index contributed by atoms with van der Waals surface area (Å²) in [5.41, 5.74) is 0.555. The van der Waals surface area contributed by atoms with Gasteiger partial charge < -0.3 is 0 Å². The van der Waals surface area contributed by atoms with Crippen LogP contribution in [0.1, 0.15) is 4.88 Å². The lowest BCUT2D eigenvalue weighted by atomic mass is 10.3. The molecule has 0 unspecified atom stereocenters. The second-order valence-electron chi connectivity index (χ2n) is 3.48. The van der Waals surface area contributed by atoms with E-state index in [9.17, 15) is 8.42 Å². The van der Waals surface area contributed by atoms with Gasteiger partial charge in [0.2, 0.25) is 0 Å². The zero-order valence-corrected chi connectivity index (χ0v) is 12.2. The summed E-state index contributed by atoms with van der Waals surface area (Å²) in [5.74, 6) is 0. The van der Waals surface area contributed by atoms with Gasteiger partial charge in [0, 0.05) is 15.0 Å². The average Bonchev–Trinajstić information content (AvgIpc) is 2.69. The summed E-state index contributed by atoms with van der Waals surface area (Å²) in [6.07, 6.45) is 0. The lowest BCUT2D eigenvalue weighted by molar-refractivity contribution is 0.603. The largest absolute Gasteiger partial charge is 0.279 e. The molecule has 1 N–H and O–H groups in total. The first-order chi connectivity index (χ1) is 7.97. The van der Waals surface area contributed by atoms with Crippen LogP contribution in [0.5, 0.6) is 0 Å². The van der Waals surface area contributed by atoms with Crippen LogP contribution in [0, 0.1) is 6.92 Å². The summed E-state index contributed by atoms with van der Waals surface area (Å²) >= 11 is 4.56. The normalized spacial score (nSPS) is 11.4. The van der Waals surface area contributed by atoms with E-state index in [1.165, 1.54) is 11.3 Å². The standard InChI is InChI=1S/C11H10BrNO2S2/c1-8-2-7-11(16-8)17(14,15)13-10-5-3-9(12)4-6-10/h2-7,13H,1H3. The van der Waals surface area contributed by atoms with Crippen LogP contribution in [0.15, 0.2) is 45.1 Å². The molecule has 90 valence electrons. The van der Waals surface area contributed by atoms with Crippen molar-refractivity contribution in [1.82, 2.24) is 0 Å². The second kappa shape index (κ2) is 4.80. The molecule has 6 heteroatoms. The lowest BCUT2D eigenvalue weighted by Gasteiger charge is -2.05. The number of nitrogens with one attached hydrogen (secondary N) is 1. The molecule has 0 saturated heterocycles. The zero-order chi connectivity index (χ0) is 12.5. The van der Waals surface area contributed by atoms with Gasteiger partial charge in [-0.25, -0.2) is 8.42 Å². The molecule has 0 saturated carbocycles. The topological polar surface area (TPSA) is 46.2 Å². The van der Waals surface area contributed by atoms with Crippen LogP contribution in [0.4, 0.5) is 5.69 Å². The highest BCUT2D eigenvalue weighted by molar-refractivity contribution is 9.10. The summed E-state index contributed by atoms with van der Waals surface area (Å²) in [6.45, 7) is 1.88. The minimum absolute atomic E-state index is 0.331. The summed E-state index contributed by atoms with van der Waals surface area (Å²) in [4.78, 5) is 0.973. The van der Waals surface area contributed by atoms with E-state index in [0.29, 0.717) is 9.90 Å². The molecule has 1 aromatic carbocycles. The Hall–Kier alpha value is -0.850. The monoisotopic (exact) mass is 331 g/mol. The van der Waals surface area contributed by atoms with Crippen LogP contribution in [-0.2, 0) is 10.0 Å². The highest BCUT2D eigenvalue weighted by Crippen LogP contribution is 2.24. The molecule has 17 heavy (non-hydrogen) atoms. The minimum Gasteiger partial charge on any atom is -0.279 e. The van der Waals surface area contributed by atoms with Gasteiger partial charge in [-0.15, -0.1) is 11.3 Å². The molecular formula is C11H10BrNO2S2. The Balaban J connectivity index is 2.26. The Morgan fingerprint density at radius 3 is 2.29 bits per heavy atom. The zero-order valence-electron chi connectivity index (χ0n) is 8.98. The van der Waals surface area contributed by atoms with E-state index in [-0.39, 0.29) is 0 Å². The molecule has 0 radical (unpaired) electrons. The fraction of sp³-hybridized carbons (Fsp3) is 0.0909. The molecule has 2 rings (SSSR count). The first kappa shape index (κ1) is 12.6. The number of rotatable bonds is 3. The van der Waals surface area contributed by atoms with Crippen molar-refractivity contribution in [3.05, 3.63) is 45.7 Å². The Bertz CT molecular complexity index is 617. The maximum Gasteiger partial charge on any atom is 0.271 e. The third kappa shape index (κ3) is 3.08. The van der Waals surface area contributed by atoms with E-state index in [2.05, 4.69) is 20.7 Å². The summed E-state index contributed by atoms with van der Waals surface area (Å²) < 4.78 is 27.8. The number of thiophene rings is 1. The van der Waals surface area contributed by atoms with Gasteiger partial charge in [0.05, 0.1) is 0 Å². The number of hydrogen-bond donors (Lipinski definition) is 1. The van der Waals surface area contributed by atoms with Crippen molar-refractivity contribution in [2.24, 2.45) is 0 Å². The minimum atomic E-state index is -3.45. The van der Waals surface area contributed by atoms with Crippen molar-refractivity contribution in [1.29, 1.82) is 0 Å². The molecule has 0 spiro atoms.